The van der Waals surface area contributed by atoms with Gasteiger partial charge in [0.15, 0.2) is 0 Å². The molecule has 0 spiro atoms. The van der Waals surface area contributed by atoms with Gasteiger partial charge >= 0.3 is 0 Å². The molecule has 0 atom stereocenters. The van der Waals surface area contributed by atoms with Crippen LogP contribution < -0.4 is 0 Å². The number of aromatic nitrogens is 2. The van der Waals surface area contributed by atoms with Gasteiger partial charge in [-0.25, -0.2) is 0 Å². The minimum absolute atomic E-state index is 0.121. The van der Waals surface area contributed by atoms with Crippen LogP contribution in [-0.2, 0) is 0 Å². The van der Waals surface area contributed by atoms with Gasteiger partial charge in [0.1, 0.15) is 0 Å². The first kappa shape index (κ1) is 10.4. The molecule has 1 aromatic carbocycles. The molecule has 0 N–H and O–H groups in total. The number of rotatable bonds is 1. The summed E-state index contributed by atoms with van der Waals surface area (Å²) in [7, 11) is 0. The highest BCUT2D eigenvalue weighted by Gasteiger charge is 2.10. The summed E-state index contributed by atoms with van der Waals surface area (Å²) >= 11 is 11.1. The van der Waals surface area contributed by atoms with Gasteiger partial charge in [-0.05, 0) is 57.5 Å². The summed E-state index contributed by atoms with van der Waals surface area (Å²) in [6, 6.07) is 5.81. The Morgan fingerprint density at radius 2 is 2.21 bits per heavy atom. The number of halogens is 3. The monoisotopic (exact) mass is 384 g/mol. The maximum atomic E-state index is 5.57. The zero-order valence-corrected chi connectivity index (χ0v) is 11.2. The van der Waals surface area contributed by atoms with Crippen molar-refractivity contribution in [2.24, 2.45) is 0 Å². The number of nitrogens with zero attached hydrogens (tertiary/aromatic N) is 2. The fraction of sp³-hybridized carbons (Fsp3) is 0. The molecule has 0 saturated heterocycles. The van der Waals surface area contributed by atoms with Crippen LogP contribution in [-0.4, -0.2) is 10.1 Å². The Kier molecular flexibility index (Phi) is 3.08. The summed E-state index contributed by atoms with van der Waals surface area (Å²) in [5.74, 6) is 0.431. The Balaban J connectivity index is 2.55. The molecule has 3 nitrogen and oxygen atoms in total. The maximum absolute atomic E-state index is 5.57. The minimum Gasteiger partial charge on any atom is -0.333 e. The van der Waals surface area contributed by atoms with E-state index in [9.17, 15) is 0 Å². The Hall–Kier alpha value is -0.140. The molecule has 2 rings (SSSR count). The van der Waals surface area contributed by atoms with Crippen LogP contribution in [0.1, 0.15) is 0 Å². The normalized spacial score (nSPS) is 10.5. The fourth-order valence-electron chi connectivity index (χ4n) is 0.976. The third kappa shape index (κ3) is 2.09. The zero-order valence-electron chi connectivity index (χ0n) is 6.67. The first-order valence-corrected chi connectivity index (χ1v) is 5.86. The van der Waals surface area contributed by atoms with E-state index >= 15 is 0 Å². The molecule has 0 bridgehead atoms. The Morgan fingerprint density at radius 3 is 2.86 bits per heavy atom. The van der Waals surface area contributed by atoms with Crippen molar-refractivity contribution in [2.45, 2.75) is 0 Å². The summed E-state index contributed by atoms with van der Waals surface area (Å²) in [6.45, 7) is 0. The summed E-state index contributed by atoms with van der Waals surface area (Å²) in [5, 5.41) is 3.65. The number of benzene rings is 1. The minimum atomic E-state index is 0.121. The second-order valence-electron chi connectivity index (χ2n) is 2.49. The molecule has 1 aromatic heterocycles. The first-order chi connectivity index (χ1) is 6.66. The molecule has 0 aliphatic carbocycles. The third-order valence-electron chi connectivity index (χ3n) is 1.56. The van der Waals surface area contributed by atoms with Crippen LogP contribution in [0, 0.1) is 3.57 Å². The lowest BCUT2D eigenvalue weighted by molar-refractivity contribution is 0.430. The topological polar surface area (TPSA) is 38.9 Å². The first-order valence-electron chi connectivity index (χ1n) is 3.61. The van der Waals surface area contributed by atoms with Gasteiger partial charge in [-0.2, -0.15) is 4.98 Å². The van der Waals surface area contributed by atoms with Gasteiger partial charge in [0.05, 0.1) is 5.56 Å². The van der Waals surface area contributed by atoms with Crippen molar-refractivity contribution in [1.29, 1.82) is 0 Å². The molecule has 0 radical (unpaired) electrons. The Bertz CT molecular complexity index is 474. The van der Waals surface area contributed by atoms with E-state index in [2.05, 4.69) is 48.7 Å². The van der Waals surface area contributed by atoms with Crippen LogP contribution in [0.5, 0.6) is 0 Å². The van der Waals surface area contributed by atoms with Gasteiger partial charge in [-0.1, -0.05) is 15.9 Å². The van der Waals surface area contributed by atoms with Crippen molar-refractivity contribution < 1.29 is 4.52 Å². The smallest absolute Gasteiger partial charge is 0.264 e. The zero-order chi connectivity index (χ0) is 10.1. The molecule has 0 unspecified atom stereocenters. The van der Waals surface area contributed by atoms with Crippen LogP contribution in [0.25, 0.3) is 11.5 Å². The molecule has 14 heavy (non-hydrogen) atoms. The van der Waals surface area contributed by atoms with E-state index in [4.69, 9.17) is 16.1 Å². The molecule has 0 fully saturated rings. The van der Waals surface area contributed by atoms with Crippen molar-refractivity contribution in [3.05, 3.63) is 31.5 Å². The van der Waals surface area contributed by atoms with Crippen LogP contribution in [0.3, 0.4) is 0 Å². The van der Waals surface area contributed by atoms with Crippen LogP contribution in [0.4, 0.5) is 0 Å². The Labute approximate surface area is 107 Å². The molecule has 0 aliphatic rings. The summed E-state index contributed by atoms with van der Waals surface area (Å²) in [5.41, 5.74) is 0.874. The number of hydrogen-bond acceptors (Lipinski definition) is 3. The highest BCUT2D eigenvalue weighted by Crippen LogP contribution is 2.27. The van der Waals surface area contributed by atoms with Crippen LogP contribution >= 0.6 is 50.1 Å². The lowest BCUT2D eigenvalue weighted by atomic mass is 10.2. The lowest BCUT2D eigenvalue weighted by Gasteiger charge is -1.98. The molecular formula is C8H3BrClIN2O. The average molecular weight is 385 g/mol. The predicted octanol–water partition coefficient (Wildman–Crippen LogP) is 3.76. The van der Waals surface area contributed by atoms with E-state index in [0.29, 0.717) is 5.89 Å². The standard InChI is InChI=1S/C8H3BrClIN2O/c9-4-1-2-6(11)5(3-4)7-12-8(10)13-14-7/h1-3H. The maximum Gasteiger partial charge on any atom is 0.264 e. The van der Waals surface area contributed by atoms with E-state index < -0.39 is 0 Å². The summed E-state index contributed by atoms with van der Waals surface area (Å²) < 4.78 is 6.96. The molecule has 0 saturated carbocycles. The average Bonchev–Trinajstić information content (AvgIpc) is 2.56. The molecule has 2 aromatic rings. The van der Waals surface area contributed by atoms with Gasteiger partial charge in [0, 0.05) is 8.04 Å². The van der Waals surface area contributed by atoms with Crippen molar-refractivity contribution >= 4 is 50.1 Å². The predicted molar refractivity (Wildman–Crippen MR) is 65.2 cm³/mol. The van der Waals surface area contributed by atoms with Crippen LogP contribution in [0.2, 0.25) is 5.28 Å². The lowest BCUT2D eigenvalue weighted by Crippen LogP contribution is -1.82. The quantitative estimate of drug-likeness (QED) is 0.702. The van der Waals surface area contributed by atoms with Gasteiger partial charge in [0.2, 0.25) is 0 Å². The molecule has 0 amide bonds. The molecule has 1 heterocycles. The van der Waals surface area contributed by atoms with E-state index in [1.54, 1.807) is 0 Å². The van der Waals surface area contributed by atoms with Gasteiger partial charge in [0.25, 0.3) is 11.2 Å². The van der Waals surface area contributed by atoms with E-state index in [1.807, 2.05) is 18.2 Å². The van der Waals surface area contributed by atoms with Crippen molar-refractivity contribution in [3.8, 4) is 11.5 Å². The molecule has 0 aliphatic heterocycles. The molecule has 72 valence electrons. The summed E-state index contributed by atoms with van der Waals surface area (Å²) in [6.07, 6.45) is 0. The molecular weight excluding hydrogens is 382 g/mol. The van der Waals surface area contributed by atoms with Crippen LogP contribution in [0.15, 0.2) is 27.2 Å². The second-order valence-corrected chi connectivity index (χ2v) is 4.91. The second kappa shape index (κ2) is 4.16. The van der Waals surface area contributed by atoms with Gasteiger partial charge < -0.3 is 4.52 Å². The van der Waals surface area contributed by atoms with Crippen molar-refractivity contribution in [1.82, 2.24) is 10.1 Å². The van der Waals surface area contributed by atoms with Crippen molar-refractivity contribution in [3.63, 3.8) is 0 Å². The van der Waals surface area contributed by atoms with Gasteiger partial charge in [-0.3, -0.25) is 0 Å². The summed E-state index contributed by atoms with van der Waals surface area (Å²) in [4.78, 5) is 3.94. The highest BCUT2D eigenvalue weighted by molar-refractivity contribution is 14.1. The number of hydrogen-bond donors (Lipinski definition) is 0. The highest BCUT2D eigenvalue weighted by atomic mass is 127. The molecule has 6 heteroatoms. The third-order valence-corrected chi connectivity index (χ3v) is 3.15. The largest absolute Gasteiger partial charge is 0.333 e. The van der Waals surface area contributed by atoms with Crippen molar-refractivity contribution in [2.75, 3.05) is 0 Å². The van der Waals surface area contributed by atoms with Gasteiger partial charge in [-0.15, -0.1) is 0 Å². The van der Waals surface area contributed by atoms with E-state index in [-0.39, 0.29) is 5.28 Å². The Morgan fingerprint density at radius 1 is 1.43 bits per heavy atom. The van der Waals surface area contributed by atoms with E-state index in [0.717, 1.165) is 13.6 Å². The fourth-order valence-corrected chi connectivity index (χ4v) is 2.01. The SMILES string of the molecule is Clc1noc(-c2cc(Br)ccc2I)n1. The van der Waals surface area contributed by atoms with E-state index in [1.165, 1.54) is 0 Å².